The predicted molar refractivity (Wildman–Crippen MR) is 143 cm³/mol. The highest BCUT2D eigenvalue weighted by atomic mass is 19.1. The van der Waals surface area contributed by atoms with Gasteiger partial charge in [-0.2, -0.15) is 0 Å². The normalized spacial score (nSPS) is 14.7. The van der Waals surface area contributed by atoms with Gasteiger partial charge < -0.3 is 19.4 Å². The lowest BCUT2D eigenvalue weighted by Crippen LogP contribution is -2.42. The number of halogens is 1. The molecule has 2 aromatic carbocycles. The molecule has 1 aliphatic rings. The zero-order valence-electron chi connectivity index (χ0n) is 21.9. The van der Waals surface area contributed by atoms with Crippen molar-refractivity contribution < 1.29 is 23.1 Å². The molecule has 7 nitrogen and oxygen atoms in total. The Morgan fingerprint density at radius 1 is 1.13 bits per heavy atom. The van der Waals surface area contributed by atoms with Crippen molar-refractivity contribution in [3.8, 4) is 5.75 Å². The van der Waals surface area contributed by atoms with Crippen molar-refractivity contribution >= 4 is 11.8 Å². The summed E-state index contributed by atoms with van der Waals surface area (Å²) in [6.45, 7) is 4.77. The lowest BCUT2D eigenvalue weighted by Gasteiger charge is -2.39. The smallest absolute Gasteiger partial charge is 0.287 e. The first kappa shape index (κ1) is 26.2. The summed E-state index contributed by atoms with van der Waals surface area (Å²) in [4.78, 5) is 31.4. The topological polar surface area (TPSA) is 84.7 Å². The molecule has 1 N–H and O–H groups in total. The fraction of sp³-hybridized carbons (Fsp3) is 0.258. The van der Waals surface area contributed by atoms with Crippen LogP contribution in [0.4, 0.5) is 4.39 Å². The number of aromatic nitrogens is 1. The summed E-state index contributed by atoms with van der Waals surface area (Å²) < 4.78 is 25.9. The maximum atomic E-state index is 14.2. The number of amides is 2. The van der Waals surface area contributed by atoms with Gasteiger partial charge in [0.15, 0.2) is 5.76 Å². The van der Waals surface area contributed by atoms with Crippen molar-refractivity contribution in [1.29, 1.82) is 0 Å². The van der Waals surface area contributed by atoms with Gasteiger partial charge in [0.1, 0.15) is 23.9 Å². The Morgan fingerprint density at radius 3 is 2.77 bits per heavy atom. The van der Waals surface area contributed by atoms with Gasteiger partial charge in [-0.25, -0.2) is 4.39 Å². The van der Waals surface area contributed by atoms with Gasteiger partial charge in [-0.15, -0.1) is 0 Å². The lowest BCUT2D eigenvalue weighted by molar-refractivity contribution is -0.136. The largest absolute Gasteiger partial charge is 0.486 e. The van der Waals surface area contributed by atoms with E-state index in [2.05, 4.69) is 10.3 Å². The second kappa shape index (κ2) is 11.5. The van der Waals surface area contributed by atoms with Crippen LogP contribution in [-0.2, 0) is 24.4 Å². The maximum Gasteiger partial charge on any atom is 0.287 e. The van der Waals surface area contributed by atoms with E-state index in [1.165, 1.54) is 12.1 Å². The molecule has 8 heteroatoms. The van der Waals surface area contributed by atoms with Crippen LogP contribution in [0.2, 0.25) is 0 Å². The third kappa shape index (κ3) is 6.00. The molecule has 1 aliphatic heterocycles. The molecular formula is C31H30FN3O4. The summed E-state index contributed by atoms with van der Waals surface area (Å²) >= 11 is 0. The molecule has 4 aromatic rings. The molecule has 1 unspecified atom stereocenters. The van der Waals surface area contributed by atoms with Crippen LogP contribution >= 0.6 is 0 Å². The number of benzene rings is 2. The SMILES string of the molecule is CC(C)C(=O)N1CCc2ccc(OCc3ccc(C(=O)NCc4cccnc4)o3)cc2C1c1cccc(F)c1. The van der Waals surface area contributed by atoms with Gasteiger partial charge in [-0.05, 0) is 71.1 Å². The predicted octanol–water partition coefficient (Wildman–Crippen LogP) is 5.45. The quantitative estimate of drug-likeness (QED) is 0.329. The zero-order chi connectivity index (χ0) is 27.4. The zero-order valence-corrected chi connectivity index (χ0v) is 21.9. The van der Waals surface area contributed by atoms with Crippen molar-refractivity contribution in [2.24, 2.45) is 5.92 Å². The molecule has 0 fully saturated rings. The summed E-state index contributed by atoms with van der Waals surface area (Å²) in [6.07, 6.45) is 4.07. The van der Waals surface area contributed by atoms with E-state index in [1.54, 1.807) is 30.6 Å². The maximum absolute atomic E-state index is 14.2. The molecule has 0 saturated carbocycles. The van der Waals surface area contributed by atoms with Gasteiger partial charge >= 0.3 is 0 Å². The molecule has 200 valence electrons. The summed E-state index contributed by atoms with van der Waals surface area (Å²) in [6, 6.07) is 18.8. The molecule has 3 heterocycles. The molecule has 0 saturated heterocycles. The van der Waals surface area contributed by atoms with Gasteiger partial charge in [0.05, 0.1) is 6.04 Å². The van der Waals surface area contributed by atoms with Crippen LogP contribution in [0.3, 0.4) is 0 Å². The van der Waals surface area contributed by atoms with E-state index in [4.69, 9.17) is 9.15 Å². The number of ether oxygens (including phenoxy) is 1. The van der Waals surface area contributed by atoms with Gasteiger partial charge in [0.2, 0.25) is 5.91 Å². The molecule has 0 aliphatic carbocycles. The fourth-order valence-corrected chi connectivity index (χ4v) is 4.79. The number of fused-ring (bicyclic) bond motifs is 1. The van der Waals surface area contributed by atoms with Crippen LogP contribution in [0.5, 0.6) is 5.75 Å². The lowest BCUT2D eigenvalue weighted by atomic mass is 9.87. The van der Waals surface area contributed by atoms with Crippen molar-refractivity contribution in [1.82, 2.24) is 15.2 Å². The number of rotatable bonds is 8. The fourth-order valence-electron chi connectivity index (χ4n) is 4.79. The van der Waals surface area contributed by atoms with E-state index in [0.29, 0.717) is 31.0 Å². The summed E-state index contributed by atoms with van der Waals surface area (Å²) in [5.74, 6) is 0.444. The van der Waals surface area contributed by atoms with Gasteiger partial charge in [-0.1, -0.05) is 38.1 Å². The molecule has 5 rings (SSSR count). The molecule has 2 amide bonds. The van der Waals surface area contributed by atoms with Crippen molar-refractivity contribution in [3.63, 3.8) is 0 Å². The summed E-state index contributed by atoms with van der Waals surface area (Å²) in [5.41, 5.74) is 3.61. The van der Waals surface area contributed by atoms with E-state index in [9.17, 15) is 14.0 Å². The van der Waals surface area contributed by atoms with E-state index in [0.717, 1.165) is 22.3 Å². The molecule has 0 spiro atoms. The summed E-state index contributed by atoms with van der Waals surface area (Å²) in [5, 5.41) is 2.81. The average molecular weight is 528 g/mol. The molecule has 39 heavy (non-hydrogen) atoms. The Kier molecular flexibility index (Phi) is 7.72. The number of nitrogens with one attached hydrogen (secondary N) is 1. The number of pyridine rings is 1. The van der Waals surface area contributed by atoms with Gasteiger partial charge in [0.25, 0.3) is 5.91 Å². The van der Waals surface area contributed by atoms with Crippen LogP contribution in [-0.4, -0.2) is 28.2 Å². The van der Waals surface area contributed by atoms with Crippen LogP contribution < -0.4 is 10.1 Å². The van der Waals surface area contributed by atoms with Gasteiger partial charge in [-0.3, -0.25) is 14.6 Å². The number of hydrogen-bond acceptors (Lipinski definition) is 5. The van der Waals surface area contributed by atoms with Crippen molar-refractivity contribution in [3.05, 3.63) is 119 Å². The number of hydrogen-bond donors (Lipinski definition) is 1. The highest BCUT2D eigenvalue weighted by Crippen LogP contribution is 2.38. The first-order valence-corrected chi connectivity index (χ1v) is 13.0. The minimum absolute atomic E-state index is 0.0196. The molecule has 1 atom stereocenters. The Morgan fingerprint density at radius 2 is 2.00 bits per heavy atom. The van der Waals surface area contributed by atoms with Crippen LogP contribution in [0.1, 0.15) is 58.5 Å². The third-order valence-electron chi connectivity index (χ3n) is 6.73. The van der Waals surface area contributed by atoms with Gasteiger partial charge in [0, 0.05) is 31.4 Å². The first-order chi connectivity index (χ1) is 18.9. The Balaban J connectivity index is 1.31. The minimum Gasteiger partial charge on any atom is -0.486 e. The first-order valence-electron chi connectivity index (χ1n) is 13.0. The molecule has 2 aromatic heterocycles. The summed E-state index contributed by atoms with van der Waals surface area (Å²) in [7, 11) is 0. The number of carbonyl (C=O) groups is 2. The monoisotopic (exact) mass is 527 g/mol. The highest BCUT2D eigenvalue weighted by molar-refractivity contribution is 5.91. The Hall–Kier alpha value is -4.46. The van der Waals surface area contributed by atoms with E-state index < -0.39 is 6.04 Å². The van der Waals surface area contributed by atoms with E-state index in [-0.39, 0.29) is 35.9 Å². The second-order valence-corrected chi connectivity index (χ2v) is 9.85. The Bertz CT molecular complexity index is 1470. The average Bonchev–Trinajstić information content (AvgIpc) is 3.43. The van der Waals surface area contributed by atoms with Crippen molar-refractivity contribution in [2.45, 2.75) is 39.5 Å². The number of nitrogens with zero attached hydrogens (tertiary/aromatic N) is 2. The van der Waals surface area contributed by atoms with E-state index >= 15 is 0 Å². The standard InChI is InChI=1S/C31H30FN3O4/c1-20(2)31(37)35-14-12-22-8-9-25(16-27(22)29(35)23-6-3-7-24(32)15-23)38-19-26-10-11-28(39-26)30(36)34-18-21-5-4-13-33-17-21/h3-11,13,15-17,20,29H,12,14,18-19H2,1-2H3,(H,34,36). The van der Waals surface area contributed by atoms with Crippen molar-refractivity contribution in [2.75, 3.05) is 6.54 Å². The number of furan rings is 1. The molecular weight excluding hydrogens is 497 g/mol. The minimum atomic E-state index is -0.415. The molecule has 0 radical (unpaired) electrons. The van der Waals surface area contributed by atoms with Crippen LogP contribution in [0.25, 0.3) is 0 Å². The van der Waals surface area contributed by atoms with E-state index in [1.807, 2.05) is 55.1 Å². The van der Waals surface area contributed by atoms with Crippen LogP contribution in [0.15, 0.2) is 83.5 Å². The second-order valence-electron chi connectivity index (χ2n) is 9.85. The highest BCUT2D eigenvalue weighted by Gasteiger charge is 2.33. The Labute approximate surface area is 226 Å². The number of carbonyl (C=O) groups excluding carboxylic acids is 2. The third-order valence-corrected chi connectivity index (χ3v) is 6.73. The molecule has 0 bridgehead atoms. The van der Waals surface area contributed by atoms with Crippen LogP contribution in [0, 0.1) is 11.7 Å².